The van der Waals surface area contributed by atoms with Gasteiger partial charge in [-0.05, 0) is 60.4 Å². The molecule has 2 atom stereocenters. The number of hydrogen-bond donors (Lipinski definition) is 1. The summed E-state index contributed by atoms with van der Waals surface area (Å²) in [7, 11) is 0. The van der Waals surface area contributed by atoms with Gasteiger partial charge in [-0.3, -0.25) is 14.7 Å². The van der Waals surface area contributed by atoms with Crippen LogP contribution in [0.5, 0.6) is 0 Å². The number of Topliss-reactive ketones (excluding diaryl/α,β-unsaturated/α-hetero) is 1. The van der Waals surface area contributed by atoms with Gasteiger partial charge in [0.1, 0.15) is 22.9 Å². The molecular weight excluding hydrogens is 513 g/mol. The van der Waals surface area contributed by atoms with E-state index < -0.39 is 0 Å². The molecule has 1 fully saturated rings. The van der Waals surface area contributed by atoms with Gasteiger partial charge < -0.3 is 10.2 Å². The molecule has 6 rings (SSSR count). The number of aromatic nitrogens is 1. The van der Waals surface area contributed by atoms with E-state index in [1.54, 1.807) is 12.3 Å². The standard InChI is InChI=1S/C35H34FN3O2/c1-22-8-10-29(23(2)14-22)31(25-6-4-3-5-7-25)18-28(40)16-24-9-11-33-26(15-24)17-34(41-33)35(39-20-27(37)21-39)30-12-13-38-19-32(30)36/h3-15,17,19,27,31,35H,16,18,20-21,37H2,1-2H3/t31-,35?/m0/s1. The van der Waals surface area contributed by atoms with Crippen molar-refractivity contribution in [1.82, 2.24) is 9.88 Å². The predicted molar refractivity (Wildman–Crippen MR) is 159 cm³/mol. The molecule has 208 valence electrons. The van der Waals surface area contributed by atoms with Gasteiger partial charge >= 0.3 is 0 Å². The number of likely N-dealkylation sites (tertiary alicyclic amines) is 1. The maximum absolute atomic E-state index is 14.8. The smallest absolute Gasteiger partial charge is 0.146 e. The van der Waals surface area contributed by atoms with Gasteiger partial charge in [-0.15, -0.1) is 0 Å². The Morgan fingerprint density at radius 3 is 2.56 bits per heavy atom. The minimum atomic E-state index is -0.389. The SMILES string of the molecule is Cc1ccc([C@@H](CC(=O)Cc2ccc3oc(C(c4ccncc4F)N4CC(N)C4)cc3c2)c2ccccc2)c(C)c1. The van der Waals surface area contributed by atoms with Gasteiger partial charge in [-0.1, -0.05) is 60.2 Å². The molecule has 0 saturated carbocycles. The zero-order valence-electron chi connectivity index (χ0n) is 23.4. The van der Waals surface area contributed by atoms with Crippen molar-refractivity contribution in [1.29, 1.82) is 0 Å². The van der Waals surface area contributed by atoms with Gasteiger partial charge in [-0.2, -0.15) is 0 Å². The summed E-state index contributed by atoms with van der Waals surface area (Å²) in [4.78, 5) is 19.5. The second-order valence-corrected chi connectivity index (χ2v) is 11.3. The molecule has 6 heteroatoms. The first-order valence-corrected chi connectivity index (χ1v) is 14.1. The molecule has 1 saturated heterocycles. The number of nitrogens with zero attached hydrogens (tertiary/aromatic N) is 2. The van der Waals surface area contributed by atoms with Gasteiger partial charge in [0, 0.05) is 55.0 Å². The van der Waals surface area contributed by atoms with E-state index in [9.17, 15) is 9.18 Å². The number of hydrogen-bond acceptors (Lipinski definition) is 5. The van der Waals surface area contributed by atoms with Crippen molar-refractivity contribution in [3.63, 3.8) is 0 Å². The lowest BCUT2D eigenvalue weighted by molar-refractivity contribution is -0.118. The van der Waals surface area contributed by atoms with Crippen LogP contribution in [0.2, 0.25) is 0 Å². The molecule has 3 heterocycles. The van der Waals surface area contributed by atoms with Gasteiger partial charge in [-0.25, -0.2) is 4.39 Å². The average Bonchev–Trinajstić information content (AvgIpc) is 3.36. The second kappa shape index (κ2) is 11.4. The number of nitrogens with two attached hydrogens (primary N) is 1. The summed E-state index contributed by atoms with van der Waals surface area (Å²) >= 11 is 0. The summed E-state index contributed by atoms with van der Waals surface area (Å²) in [6.45, 7) is 5.52. The number of carbonyl (C=O) groups is 1. The molecule has 5 nitrogen and oxygen atoms in total. The first-order chi connectivity index (χ1) is 19.9. The van der Waals surface area contributed by atoms with Crippen LogP contribution in [0.4, 0.5) is 4.39 Å². The number of benzene rings is 3. The van der Waals surface area contributed by atoms with E-state index in [1.807, 2.05) is 42.5 Å². The molecule has 0 radical (unpaired) electrons. The van der Waals surface area contributed by atoms with E-state index in [0.29, 0.717) is 42.8 Å². The Hall–Kier alpha value is -4.13. The predicted octanol–water partition coefficient (Wildman–Crippen LogP) is 6.65. The van der Waals surface area contributed by atoms with Crippen molar-refractivity contribution in [3.05, 3.63) is 136 Å². The largest absolute Gasteiger partial charge is 0.459 e. The molecule has 1 unspecified atom stereocenters. The Kier molecular flexibility index (Phi) is 7.52. The molecule has 0 amide bonds. The maximum atomic E-state index is 14.8. The zero-order chi connectivity index (χ0) is 28.5. The Balaban J connectivity index is 1.25. The Morgan fingerprint density at radius 1 is 1.02 bits per heavy atom. The fraction of sp³-hybridized carbons (Fsp3) is 0.257. The van der Waals surface area contributed by atoms with Crippen molar-refractivity contribution >= 4 is 16.8 Å². The quantitative estimate of drug-likeness (QED) is 0.224. The van der Waals surface area contributed by atoms with E-state index in [1.165, 1.54) is 22.9 Å². The molecule has 1 aliphatic heterocycles. The molecule has 3 aromatic carbocycles. The summed E-state index contributed by atoms with van der Waals surface area (Å²) in [5, 5.41) is 0.892. The highest BCUT2D eigenvalue weighted by Gasteiger charge is 2.35. The fourth-order valence-electron chi connectivity index (χ4n) is 6.09. The van der Waals surface area contributed by atoms with E-state index in [4.69, 9.17) is 10.2 Å². The molecule has 1 aliphatic rings. The third-order valence-electron chi connectivity index (χ3n) is 8.11. The first-order valence-electron chi connectivity index (χ1n) is 14.1. The average molecular weight is 548 g/mol. The minimum Gasteiger partial charge on any atom is -0.459 e. The van der Waals surface area contributed by atoms with E-state index in [0.717, 1.165) is 16.5 Å². The van der Waals surface area contributed by atoms with Gasteiger partial charge in [0.15, 0.2) is 0 Å². The van der Waals surface area contributed by atoms with Crippen LogP contribution in [0, 0.1) is 19.7 Å². The number of ketones is 1. The molecular formula is C35H34FN3O2. The van der Waals surface area contributed by atoms with Gasteiger partial charge in [0.2, 0.25) is 0 Å². The minimum absolute atomic E-state index is 0.00697. The molecule has 0 spiro atoms. The lowest BCUT2D eigenvalue weighted by atomic mass is 9.83. The summed E-state index contributed by atoms with van der Waals surface area (Å²) < 4.78 is 21.0. The molecule has 5 aromatic rings. The highest BCUT2D eigenvalue weighted by Crippen LogP contribution is 2.37. The van der Waals surface area contributed by atoms with Gasteiger partial charge in [0.05, 0.1) is 12.2 Å². The van der Waals surface area contributed by atoms with Crippen LogP contribution in [0.15, 0.2) is 95.7 Å². The van der Waals surface area contributed by atoms with E-state index in [2.05, 4.69) is 54.1 Å². The molecule has 0 aliphatic carbocycles. The normalized spacial score (nSPS) is 15.5. The number of carbonyl (C=O) groups excluding carboxylic acids is 1. The molecule has 2 N–H and O–H groups in total. The zero-order valence-corrected chi connectivity index (χ0v) is 23.4. The molecule has 2 aromatic heterocycles. The lowest BCUT2D eigenvalue weighted by Crippen LogP contribution is -2.56. The number of halogens is 1. The summed E-state index contributed by atoms with van der Waals surface area (Å²) in [5.74, 6) is 0.446. The van der Waals surface area contributed by atoms with Crippen LogP contribution in [-0.4, -0.2) is 34.8 Å². The van der Waals surface area contributed by atoms with Crippen molar-refractivity contribution in [2.24, 2.45) is 5.73 Å². The Labute approximate surface area is 239 Å². The summed E-state index contributed by atoms with van der Waals surface area (Å²) in [6, 6.07) is 25.9. The van der Waals surface area contributed by atoms with E-state index in [-0.39, 0.29) is 29.6 Å². The molecule has 41 heavy (non-hydrogen) atoms. The topological polar surface area (TPSA) is 72.4 Å². The first kappa shape index (κ1) is 27.1. The number of aryl methyl sites for hydroxylation is 2. The summed E-state index contributed by atoms with van der Waals surface area (Å²) in [5.41, 5.74) is 12.9. The van der Waals surface area contributed by atoms with Crippen molar-refractivity contribution in [2.75, 3.05) is 13.1 Å². The number of rotatable bonds is 9. The Bertz CT molecular complexity index is 1690. The number of furan rings is 1. The van der Waals surface area contributed by atoms with Crippen LogP contribution < -0.4 is 5.73 Å². The van der Waals surface area contributed by atoms with Crippen LogP contribution in [-0.2, 0) is 11.2 Å². The fourth-order valence-corrected chi connectivity index (χ4v) is 6.09. The van der Waals surface area contributed by atoms with Crippen LogP contribution in [0.3, 0.4) is 0 Å². The second-order valence-electron chi connectivity index (χ2n) is 11.3. The van der Waals surface area contributed by atoms with Crippen LogP contribution >= 0.6 is 0 Å². The summed E-state index contributed by atoms with van der Waals surface area (Å²) in [6.07, 6.45) is 3.57. The highest BCUT2D eigenvalue weighted by atomic mass is 19.1. The van der Waals surface area contributed by atoms with Crippen molar-refractivity contribution in [3.8, 4) is 0 Å². The third kappa shape index (κ3) is 5.71. The maximum Gasteiger partial charge on any atom is 0.146 e. The highest BCUT2D eigenvalue weighted by molar-refractivity contribution is 5.85. The number of fused-ring (bicyclic) bond motifs is 1. The van der Waals surface area contributed by atoms with Crippen LogP contribution in [0.25, 0.3) is 11.0 Å². The van der Waals surface area contributed by atoms with Crippen molar-refractivity contribution in [2.45, 2.75) is 44.7 Å². The molecule has 0 bridgehead atoms. The number of pyridine rings is 1. The van der Waals surface area contributed by atoms with Crippen molar-refractivity contribution < 1.29 is 13.6 Å². The van der Waals surface area contributed by atoms with E-state index >= 15 is 0 Å². The lowest BCUT2D eigenvalue weighted by Gasteiger charge is -2.42. The third-order valence-corrected chi connectivity index (χ3v) is 8.11. The Morgan fingerprint density at radius 2 is 1.83 bits per heavy atom. The van der Waals surface area contributed by atoms with Gasteiger partial charge in [0.25, 0.3) is 0 Å². The van der Waals surface area contributed by atoms with Crippen LogP contribution in [0.1, 0.15) is 57.5 Å². The monoisotopic (exact) mass is 547 g/mol.